The second-order valence-electron chi connectivity index (χ2n) is 5.52. The number of halogens is 1. The van der Waals surface area contributed by atoms with Gasteiger partial charge in [0.25, 0.3) is 0 Å². The molecule has 3 N–H and O–H groups in total. The van der Waals surface area contributed by atoms with Crippen LogP contribution in [-0.4, -0.2) is 43.6 Å². The van der Waals surface area contributed by atoms with Crippen LogP contribution in [0.1, 0.15) is 34.1 Å². The molecule has 0 radical (unpaired) electrons. The van der Waals surface area contributed by atoms with Crippen LogP contribution in [0.25, 0.3) is 0 Å². The fraction of sp³-hybridized carbons (Fsp3) is 0.917. The predicted molar refractivity (Wildman–Crippen MR) is 87.1 cm³/mol. The molecule has 0 aromatic carbocycles. The molecule has 0 amide bonds. The zero-order valence-electron chi connectivity index (χ0n) is 12.1. The van der Waals surface area contributed by atoms with Crippen LogP contribution in [0.4, 0.5) is 0 Å². The number of hydrogen-bond acceptors (Lipinski definition) is 2. The van der Waals surface area contributed by atoms with Crippen molar-refractivity contribution in [2.45, 2.75) is 39.7 Å². The summed E-state index contributed by atoms with van der Waals surface area (Å²) >= 11 is 0. The summed E-state index contributed by atoms with van der Waals surface area (Å²) in [5, 5.41) is 3.13. The number of hydrogen-bond donors (Lipinski definition) is 2. The lowest BCUT2D eigenvalue weighted by Gasteiger charge is -2.30. The van der Waals surface area contributed by atoms with Crippen LogP contribution in [0.5, 0.6) is 0 Å². The van der Waals surface area contributed by atoms with Crippen LogP contribution in [0.15, 0.2) is 4.99 Å². The normalized spacial score (nSPS) is 12.8. The van der Waals surface area contributed by atoms with Gasteiger partial charge in [0.1, 0.15) is 0 Å². The van der Waals surface area contributed by atoms with Crippen molar-refractivity contribution in [3.63, 3.8) is 0 Å². The van der Waals surface area contributed by atoms with E-state index in [1.807, 2.05) is 0 Å². The van der Waals surface area contributed by atoms with Gasteiger partial charge in [-0.2, -0.15) is 0 Å². The number of likely N-dealkylation sites (N-methyl/N-ethyl adjacent to an activating group) is 1. The number of rotatable bonds is 6. The Morgan fingerprint density at radius 3 is 2.29 bits per heavy atom. The van der Waals surface area contributed by atoms with Gasteiger partial charge in [0, 0.05) is 12.1 Å². The SMILES string of the molecule is CC(C)CCNC(N)=NCC(C)(C)N(C)C.I. The van der Waals surface area contributed by atoms with Crippen LogP contribution in [0.2, 0.25) is 0 Å². The lowest BCUT2D eigenvalue weighted by molar-refractivity contribution is 0.205. The largest absolute Gasteiger partial charge is 0.370 e. The molecule has 0 heterocycles. The molecule has 0 bridgehead atoms. The number of nitrogens with zero attached hydrogens (tertiary/aromatic N) is 2. The molecule has 0 rings (SSSR count). The van der Waals surface area contributed by atoms with Crippen molar-refractivity contribution in [2.24, 2.45) is 16.6 Å². The Bertz CT molecular complexity index is 225. The Kier molecular flexibility index (Phi) is 10.2. The summed E-state index contributed by atoms with van der Waals surface area (Å²) in [7, 11) is 4.11. The molecule has 0 spiro atoms. The van der Waals surface area contributed by atoms with E-state index in [0.717, 1.165) is 13.0 Å². The highest BCUT2D eigenvalue weighted by molar-refractivity contribution is 14.0. The number of nitrogens with one attached hydrogen (secondary N) is 1. The van der Waals surface area contributed by atoms with Crippen molar-refractivity contribution < 1.29 is 0 Å². The van der Waals surface area contributed by atoms with Crippen molar-refractivity contribution >= 4 is 29.9 Å². The van der Waals surface area contributed by atoms with Gasteiger partial charge in [-0.1, -0.05) is 13.8 Å². The summed E-state index contributed by atoms with van der Waals surface area (Å²) in [5.41, 5.74) is 5.83. The van der Waals surface area contributed by atoms with Crippen LogP contribution < -0.4 is 11.1 Å². The maximum absolute atomic E-state index is 5.79. The van der Waals surface area contributed by atoms with E-state index >= 15 is 0 Å². The predicted octanol–water partition coefficient (Wildman–Crippen LogP) is 1.90. The van der Waals surface area contributed by atoms with E-state index < -0.39 is 0 Å². The number of nitrogens with two attached hydrogens (primary N) is 1. The molecule has 104 valence electrons. The van der Waals surface area contributed by atoms with E-state index in [9.17, 15) is 0 Å². The van der Waals surface area contributed by atoms with Crippen LogP contribution in [0.3, 0.4) is 0 Å². The molecular formula is C12H29IN4. The summed E-state index contributed by atoms with van der Waals surface area (Å²) in [6.07, 6.45) is 1.12. The van der Waals surface area contributed by atoms with Crippen molar-refractivity contribution in [1.82, 2.24) is 10.2 Å². The van der Waals surface area contributed by atoms with Crippen LogP contribution in [-0.2, 0) is 0 Å². The standard InChI is InChI=1S/C12H28N4.HI/c1-10(2)7-8-14-11(13)15-9-12(3,4)16(5)6;/h10H,7-9H2,1-6H3,(H3,13,14,15);1H. The Hall–Kier alpha value is -0.0400. The first kappa shape index (κ1) is 19.3. The number of guanidine groups is 1. The smallest absolute Gasteiger partial charge is 0.188 e. The molecule has 0 saturated heterocycles. The zero-order chi connectivity index (χ0) is 12.8. The maximum Gasteiger partial charge on any atom is 0.188 e. The minimum atomic E-state index is 0. The minimum absolute atomic E-state index is 0. The van der Waals surface area contributed by atoms with Crippen molar-refractivity contribution in [3.8, 4) is 0 Å². The van der Waals surface area contributed by atoms with E-state index in [1.165, 1.54) is 0 Å². The Balaban J connectivity index is 0. The molecule has 4 nitrogen and oxygen atoms in total. The first-order chi connectivity index (χ1) is 7.25. The van der Waals surface area contributed by atoms with Gasteiger partial charge in [0.05, 0.1) is 6.54 Å². The third kappa shape index (κ3) is 9.64. The quantitative estimate of drug-likeness (QED) is 0.434. The molecule has 17 heavy (non-hydrogen) atoms. The minimum Gasteiger partial charge on any atom is -0.370 e. The Labute approximate surface area is 123 Å². The van der Waals surface area contributed by atoms with Gasteiger partial charge in [-0.25, -0.2) is 0 Å². The van der Waals surface area contributed by atoms with Crippen molar-refractivity contribution in [1.29, 1.82) is 0 Å². The van der Waals surface area contributed by atoms with Crippen molar-refractivity contribution in [2.75, 3.05) is 27.2 Å². The van der Waals surface area contributed by atoms with Gasteiger partial charge in [-0.3, -0.25) is 4.99 Å². The molecule has 0 atom stereocenters. The third-order valence-corrected chi connectivity index (χ3v) is 2.87. The van der Waals surface area contributed by atoms with E-state index in [1.54, 1.807) is 0 Å². The van der Waals surface area contributed by atoms with E-state index in [2.05, 4.69) is 57.0 Å². The summed E-state index contributed by atoms with van der Waals surface area (Å²) < 4.78 is 0. The summed E-state index contributed by atoms with van der Waals surface area (Å²) in [6, 6.07) is 0. The highest BCUT2D eigenvalue weighted by atomic mass is 127. The van der Waals surface area contributed by atoms with E-state index in [-0.39, 0.29) is 29.5 Å². The fourth-order valence-electron chi connectivity index (χ4n) is 0.965. The van der Waals surface area contributed by atoms with Gasteiger partial charge >= 0.3 is 0 Å². The van der Waals surface area contributed by atoms with Gasteiger partial charge in [0.15, 0.2) is 5.96 Å². The summed E-state index contributed by atoms with van der Waals surface area (Å²) in [6.45, 7) is 10.3. The van der Waals surface area contributed by atoms with Gasteiger partial charge < -0.3 is 16.0 Å². The average molecular weight is 356 g/mol. The molecule has 0 aromatic rings. The second kappa shape index (κ2) is 8.97. The topological polar surface area (TPSA) is 53.6 Å². The highest BCUT2D eigenvalue weighted by Gasteiger charge is 2.19. The average Bonchev–Trinajstić information content (AvgIpc) is 2.14. The zero-order valence-corrected chi connectivity index (χ0v) is 14.4. The second-order valence-corrected chi connectivity index (χ2v) is 5.52. The molecule has 0 aromatic heterocycles. The molecule has 0 aliphatic carbocycles. The third-order valence-electron chi connectivity index (χ3n) is 2.87. The van der Waals surface area contributed by atoms with Gasteiger partial charge in [0.2, 0.25) is 0 Å². The Morgan fingerprint density at radius 1 is 1.35 bits per heavy atom. The van der Waals surface area contributed by atoms with Gasteiger partial charge in [-0.15, -0.1) is 24.0 Å². The molecule has 0 aliphatic rings. The molecule has 0 aliphatic heterocycles. The van der Waals surface area contributed by atoms with Gasteiger partial charge in [-0.05, 0) is 40.3 Å². The molecule has 0 fully saturated rings. The number of aliphatic imine (C=N–C) groups is 1. The molecule has 5 heteroatoms. The summed E-state index contributed by atoms with van der Waals surface area (Å²) in [5.74, 6) is 1.24. The molecule has 0 saturated carbocycles. The molecular weight excluding hydrogens is 327 g/mol. The van der Waals surface area contributed by atoms with Crippen LogP contribution in [0, 0.1) is 5.92 Å². The fourth-order valence-corrected chi connectivity index (χ4v) is 0.965. The summed E-state index contributed by atoms with van der Waals surface area (Å²) in [4.78, 5) is 6.51. The Morgan fingerprint density at radius 2 is 1.88 bits per heavy atom. The maximum atomic E-state index is 5.79. The first-order valence-corrected chi connectivity index (χ1v) is 5.97. The lowest BCUT2D eigenvalue weighted by atomic mass is 10.1. The monoisotopic (exact) mass is 356 g/mol. The lowest BCUT2D eigenvalue weighted by Crippen LogP contribution is -2.42. The van der Waals surface area contributed by atoms with Crippen molar-refractivity contribution in [3.05, 3.63) is 0 Å². The first-order valence-electron chi connectivity index (χ1n) is 5.97. The van der Waals surface area contributed by atoms with E-state index in [4.69, 9.17) is 5.73 Å². The van der Waals surface area contributed by atoms with Crippen LogP contribution >= 0.6 is 24.0 Å². The molecule has 0 unspecified atom stereocenters. The highest BCUT2D eigenvalue weighted by Crippen LogP contribution is 2.09. The van der Waals surface area contributed by atoms with E-state index in [0.29, 0.717) is 18.4 Å².